The molecule has 0 amide bonds. The van der Waals surface area contributed by atoms with Crippen LogP contribution in [0.15, 0.2) is 0 Å². The van der Waals surface area contributed by atoms with Crippen molar-refractivity contribution in [2.75, 3.05) is 0 Å². The van der Waals surface area contributed by atoms with Crippen LogP contribution in [0.2, 0.25) is 0 Å². The van der Waals surface area contributed by atoms with E-state index < -0.39 is 0 Å². The Morgan fingerprint density at radius 1 is 0.467 bits per heavy atom. The Hall–Kier alpha value is -0.0400. The first-order valence-corrected chi connectivity index (χ1v) is 14.6. The molecule has 0 radical (unpaired) electrons. The SMILES string of the molecule is CC1CCC(N(C2CCCCC2)C2CCC3CCC4CCCC5CCC2C3C45)CC1. The van der Waals surface area contributed by atoms with Crippen molar-refractivity contribution in [3.05, 3.63) is 0 Å². The first kappa shape index (κ1) is 20.6. The van der Waals surface area contributed by atoms with Crippen LogP contribution in [0.4, 0.5) is 0 Å². The predicted molar refractivity (Wildman–Crippen MR) is 126 cm³/mol. The third-order valence-electron chi connectivity index (χ3n) is 11.6. The molecule has 0 aliphatic heterocycles. The van der Waals surface area contributed by atoms with Crippen LogP contribution in [-0.2, 0) is 0 Å². The third-order valence-corrected chi connectivity index (χ3v) is 11.6. The Morgan fingerprint density at radius 3 is 1.80 bits per heavy atom. The minimum absolute atomic E-state index is 0.939. The highest BCUT2D eigenvalue weighted by Crippen LogP contribution is 2.61. The molecular formula is C29H49N. The van der Waals surface area contributed by atoms with Crippen LogP contribution in [0.5, 0.6) is 0 Å². The normalized spacial score (nSPS) is 49.6. The van der Waals surface area contributed by atoms with Gasteiger partial charge in [0, 0.05) is 18.1 Å². The van der Waals surface area contributed by atoms with Gasteiger partial charge < -0.3 is 0 Å². The predicted octanol–water partition coefficient (Wildman–Crippen LogP) is 7.83. The van der Waals surface area contributed by atoms with Gasteiger partial charge in [-0.05, 0) is 118 Å². The van der Waals surface area contributed by atoms with E-state index in [0.29, 0.717) is 0 Å². The van der Waals surface area contributed by atoms with E-state index in [0.717, 1.165) is 59.6 Å². The maximum absolute atomic E-state index is 3.29. The zero-order valence-electron chi connectivity index (χ0n) is 19.9. The fraction of sp³-hybridized carbons (Fsp3) is 1.00. The highest BCUT2D eigenvalue weighted by Gasteiger charge is 2.55. The van der Waals surface area contributed by atoms with Gasteiger partial charge in [0.2, 0.25) is 0 Å². The van der Waals surface area contributed by atoms with Gasteiger partial charge in [0.05, 0.1) is 0 Å². The van der Waals surface area contributed by atoms with Crippen molar-refractivity contribution in [2.24, 2.45) is 41.4 Å². The topological polar surface area (TPSA) is 3.24 Å². The van der Waals surface area contributed by atoms with E-state index in [1.54, 1.807) is 57.8 Å². The van der Waals surface area contributed by atoms with E-state index in [1.807, 2.05) is 0 Å². The molecule has 6 aliphatic carbocycles. The molecular weight excluding hydrogens is 362 g/mol. The first-order valence-electron chi connectivity index (χ1n) is 14.6. The van der Waals surface area contributed by atoms with Crippen LogP contribution in [0, 0.1) is 41.4 Å². The van der Waals surface area contributed by atoms with Crippen molar-refractivity contribution in [1.29, 1.82) is 0 Å². The van der Waals surface area contributed by atoms with Crippen LogP contribution in [0.3, 0.4) is 0 Å². The molecule has 0 saturated heterocycles. The van der Waals surface area contributed by atoms with Gasteiger partial charge in [-0.25, -0.2) is 0 Å². The molecule has 1 heteroatoms. The summed E-state index contributed by atoms with van der Waals surface area (Å²) in [4.78, 5) is 3.29. The van der Waals surface area contributed by atoms with Crippen molar-refractivity contribution in [3.8, 4) is 0 Å². The quantitative estimate of drug-likeness (QED) is 0.457. The molecule has 30 heavy (non-hydrogen) atoms. The lowest BCUT2D eigenvalue weighted by Crippen LogP contribution is -2.60. The highest BCUT2D eigenvalue weighted by atomic mass is 15.2. The Balaban J connectivity index is 1.29. The molecule has 0 heterocycles. The van der Waals surface area contributed by atoms with E-state index in [4.69, 9.17) is 0 Å². The Labute approximate surface area is 187 Å². The minimum Gasteiger partial charge on any atom is -0.294 e. The van der Waals surface area contributed by atoms with E-state index in [2.05, 4.69) is 11.8 Å². The van der Waals surface area contributed by atoms with E-state index in [-0.39, 0.29) is 0 Å². The lowest BCUT2D eigenvalue weighted by molar-refractivity contribution is -0.123. The first-order chi connectivity index (χ1) is 14.8. The molecule has 0 bridgehead atoms. The maximum Gasteiger partial charge on any atom is 0.0132 e. The monoisotopic (exact) mass is 411 g/mol. The molecule has 0 aromatic carbocycles. The molecule has 0 aromatic heterocycles. The molecule has 7 atom stereocenters. The van der Waals surface area contributed by atoms with Crippen LogP contribution >= 0.6 is 0 Å². The van der Waals surface area contributed by atoms with Crippen LogP contribution in [0.1, 0.15) is 122 Å². The summed E-state index contributed by atoms with van der Waals surface area (Å²) in [6.07, 6.45) is 27.9. The van der Waals surface area contributed by atoms with Crippen molar-refractivity contribution in [2.45, 2.75) is 141 Å². The smallest absolute Gasteiger partial charge is 0.0132 e. The summed E-state index contributed by atoms with van der Waals surface area (Å²) < 4.78 is 0. The lowest BCUT2D eigenvalue weighted by atomic mass is 9.47. The molecule has 0 aromatic rings. The molecule has 6 rings (SSSR count). The summed E-state index contributed by atoms with van der Waals surface area (Å²) in [6, 6.07) is 2.85. The largest absolute Gasteiger partial charge is 0.294 e. The molecule has 6 fully saturated rings. The van der Waals surface area contributed by atoms with Crippen molar-refractivity contribution in [3.63, 3.8) is 0 Å². The summed E-state index contributed by atoms with van der Waals surface area (Å²) in [5.41, 5.74) is 0. The summed E-state index contributed by atoms with van der Waals surface area (Å²) in [5.74, 6) is 7.73. The van der Waals surface area contributed by atoms with E-state index >= 15 is 0 Å². The minimum atomic E-state index is 0.939. The van der Waals surface area contributed by atoms with Crippen molar-refractivity contribution < 1.29 is 0 Å². The van der Waals surface area contributed by atoms with Crippen LogP contribution in [-0.4, -0.2) is 23.0 Å². The van der Waals surface area contributed by atoms with Crippen LogP contribution < -0.4 is 0 Å². The Kier molecular flexibility index (Phi) is 5.97. The van der Waals surface area contributed by atoms with Gasteiger partial charge in [-0.3, -0.25) is 4.90 Å². The fourth-order valence-electron chi connectivity index (χ4n) is 10.4. The highest BCUT2D eigenvalue weighted by molar-refractivity contribution is 5.06. The molecule has 170 valence electrons. The number of rotatable bonds is 3. The second-order valence-corrected chi connectivity index (χ2v) is 13.0. The molecule has 6 aliphatic rings. The summed E-state index contributed by atoms with van der Waals surface area (Å²) in [6.45, 7) is 2.51. The average Bonchev–Trinajstić information content (AvgIpc) is 2.80. The summed E-state index contributed by atoms with van der Waals surface area (Å²) in [7, 11) is 0. The number of hydrogen-bond acceptors (Lipinski definition) is 1. The van der Waals surface area contributed by atoms with Crippen LogP contribution in [0.25, 0.3) is 0 Å². The van der Waals surface area contributed by atoms with Gasteiger partial charge in [-0.2, -0.15) is 0 Å². The summed E-state index contributed by atoms with van der Waals surface area (Å²) >= 11 is 0. The Bertz CT molecular complexity index is 565. The van der Waals surface area contributed by atoms with Gasteiger partial charge in [0.1, 0.15) is 0 Å². The average molecular weight is 412 g/mol. The van der Waals surface area contributed by atoms with Crippen molar-refractivity contribution in [1.82, 2.24) is 4.90 Å². The van der Waals surface area contributed by atoms with Crippen molar-refractivity contribution >= 4 is 0 Å². The lowest BCUT2D eigenvalue weighted by Gasteiger charge is -2.62. The Morgan fingerprint density at radius 2 is 1.07 bits per heavy atom. The molecule has 0 spiro atoms. The standard InChI is InChI=1S/C29H49N/c1-20-10-16-25(17-11-20)30(24-8-3-2-4-9-24)27-19-15-23-13-12-21-6-5-7-22-14-18-26(27)29(23)28(21)22/h20-29H,2-19H2,1H3. The van der Waals surface area contributed by atoms with Gasteiger partial charge in [0.25, 0.3) is 0 Å². The second kappa shape index (κ2) is 8.72. The number of hydrogen-bond donors (Lipinski definition) is 0. The zero-order chi connectivity index (χ0) is 20.1. The van der Waals surface area contributed by atoms with E-state index in [9.17, 15) is 0 Å². The molecule has 6 saturated carbocycles. The molecule has 0 N–H and O–H groups in total. The van der Waals surface area contributed by atoms with Gasteiger partial charge in [-0.15, -0.1) is 0 Å². The molecule has 1 nitrogen and oxygen atoms in total. The summed E-state index contributed by atoms with van der Waals surface area (Å²) in [5, 5.41) is 0. The fourth-order valence-corrected chi connectivity index (χ4v) is 10.4. The zero-order valence-corrected chi connectivity index (χ0v) is 19.9. The van der Waals surface area contributed by atoms with Gasteiger partial charge in [0.15, 0.2) is 0 Å². The number of nitrogens with zero attached hydrogens (tertiary/aromatic N) is 1. The second-order valence-electron chi connectivity index (χ2n) is 13.0. The van der Waals surface area contributed by atoms with Gasteiger partial charge in [-0.1, -0.05) is 45.4 Å². The van der Waals surface area contributed by atoms with E-state index in [1.165, 1.54) is 57.8 Å². The third kappa shape index (κ3) is 3.62. The van der Waals surface area contributed by atoms with Gasteiger partial charge >= 0.3 is 0 Å². The molecule has 7 unspecified atom stereocenters. The maximum atomic E-state index is 3.29.